The summed E-state index contributed by atoms with van der Waals surface area (Å²) in [6, 6.07) is 4.54. The zero-order chi connectivity index (χ0) is 11.4. The molecule has 15 heavy (non-hydrogen) atoms. The number of aliphatic hydroxyl groups excluding tert-OH is 1. The van der Waals surface area contributed by atoms with Gasteiger partial charge >= 0.3 is 0 Å². The molecule has 0 aromatic heterocycles. The number of benzene rings is 1. The summed E-state index contributed by atoms with van der Waals surface area (Å²) in [6.07, 6.45) is -0.841. The fourth-order valence-electron chi connectivity index (χ4n) is 1.13. The number of nitrogens with two attached hydrogens (primary N) is 1. The molecule has 0 radical (unpaired) electrons. The first kappa shape index (κ1) is 11.7. The Kier molecular flexibility index (Phi) is 3.81. The molecule has 5 nitrogen and oxygen atoms in total. The van der Waals surface area contributed by atoms with Crippen LogP contribution in [0.4, 0.5) is 0 Å². The summed E-state index contributed by atoms with van der Waals surface area (Å²) in [4.78, 5) is 0.562. The monoisotopic (exact) mass is 227 g/mol. The first-order chi connectivity index (χ1) is 6.99. The Morgan fingerprint density at radius 3 is 2.73 bits per heavy atom. The molecule has 1 atom stereocenters. The minimum atomic E-state index is -0.841. The third kappa shape index (κ3) is 3.69. The maximum Gasteiger partial charge on any atom is 0.185 e. The number of phenols is 1. The lowest BCUT2D eigenvalue weighted by molar-refractivity contribution is 0.180. The van der Waals surface area contributed by atoms with Gasteiger partial charge in [-0.3, -0.25) is 5.41 Å². The summed E-state index contributed by atoms with van der Waals surface area (Å²) in [7, 11) is 0. The highest BCUT2D eigenvalue weighted by molar-refractivity contribution is 7.80. The quantitative estimate of drug-likeness (QED) is 0.252. The molecule has 1 aromatic rings. The SMILES string of the molecule is N=C(N)NC[C@H](O)c1cc(O)cc(S)c1. The van der Waals surface area contributed by atoms with Gasteiger partial charge in [-0.2, -0.15) is 0 Å². The molecule has 0 fully saturated rings. The Labute approximate surface area is 92.8 Å². The predicted octanol–water partition coefficient (Wildman–Crippen LogP) is 0.197. The van der Waals surface area contributed by atoms with E-state index >= 15 is 0 Å². The molecule has 0 unspecified atom stereocenters. The Balaban J connectivity index is 2.72. The fraction of sp³-hybridized carbons (Fsp3) is 0.222. The molecule has 0 amide bonds. The van der Waals surface area contributed by atoms with E-state index in [1.165, 1.54) is 12.1 Å². The van der Waals surface area contributed by atoms with E-state index < -0.39 is 6.10 Å². The van der Waals surface area contributed by atoms with E-state index in [4.69, 9.17) is 11.1 Å². The van der Waals surface area contributed by atoms with Crippen LogP contribution in [0.25, 0.3) is 0 Å². The Morgan fingerprint density at radius 1 is 1.53 bits per heavy atom. The first-order valence-electron chi connectivity index (χ1n) is 4.28. The minimum absolute atomic E-state index is 0.0411. The average Bonchev–Trinajstić information content (AvgIpc) is 2.12. The van der Waals surface area contributed by atoms with Gasteiger partial charge in [0.15, 0.2) is 5.96 Å². The van der Waals surface area contributed by atoms with Crippen molar-refractivity contribution in [3.8, 4) is 5.75 Å². The second-order valence-corrected chi connectivity index (χ2v) is 3.61. The summed E-state index contributed by atoms with van der Waals surface area (Å²) < 4.78 is 0. The number of aliphatic hydroxyl groups is 1. The van der Waals surface area contributed by atoms with Gasteiger partial charge in [0.1, 0.15) is 5.75 Å². The third-order valence-corrected chi connectivity index (χ3v) is 2.05. The van der Waals surface area contributed by atoms with Gasteiger partial charge in [-0.05, 0) is 23.8 Å². The number of guanidine groups is 1. The number of hydrogen-bond donors (Lipinski definition) is 6. The van der Waals surface area contributed by atoms with Gasteiger partial charge in [0.25, 0.3) is 0 Å². The zero-order valence-electron chi connectivity index (χ0n) is 7.94. The molecule has 0 heterocycles. The van der Waals surface area contributed by atoms with Gasteiger partial charge in [0.05, 0.1) is 6.10 Å². The van der Waals surface area contributed by atoms with Crippen molar-refractivity contribution < 1.29 is 10.2 Å². The summed E-state index contributed by atoms with van der Waals surface area (Å²) >= 11 is 4.07. The van der Waals surface area contributed by atoms with E-state index in [9.17, 15) is 10.2 Å². The van der Waals surface area contributed by atoms with Crippen molar-refractivity contribution in [2.45, 2.75) is 11.0 Å². The molecule has 0 aliphatic carbocycles. The van der Waals surface area contributed by atoms with Crippen molar-refractivity contribution in [3.63, 3.8) is 0 Å². The third-order valence-electron chi connectivity index (χ3n) is 1.80. The highest BCUT2D eigenvalue weighted by Gasteiger charge is 2.09. The van der Waals surface area contributed by atoms with Crippen molar-refractivity contribution in [1.82, 2.24) is 5.32 Å². The molecule has 0 saturated carbocycles. The fourth-order valence-corrected chi connectivity index (χ4v) is 1.42. The number of hydrogen-bond acceptors (Lipinski definition) is 4. The average molecular weight is 227 g/mol. The van der Waals surface area contributed by atoms with Crippen LogP contribution in [-0.2, 0) is 0 Å². The standard InChI is InChI=1S/C9H13N3O2S/c10-9(11)12-4-8(14)5-1-6(13)3-7(15)2-5/h1-3,8,13-15H,4H2,(H4,10,11,12)/t8-/m0/s1. The maximum absolute atomic E-state index is 9.66. The maximum atomic E-state index is 9.66. The van der Waals surface area contributed by atoms with Crippen LogP contribution in [0.3, 0.4) is 0 Å². The lowest BCUT2D eigenvalue weighted by Crippen LogP contribution is -2.33. The topological polar surface area (TPSA) is 102 Å². The molecular weight excluding hydrogens is 214 g/mol. The van der Waals surface area contributed by atoms with Crippen molar-refractivity contribution in [3.05, 3.63) is 23.8 Å². The molecule has 82 valence electrons. The Hall–Kier alpha value is -1.40. The van der Waals surface area contributed by atoms with Crippen LogP contribution < -0.4 is 11.1 Å². The number of rotatable bonds is 3. The van der Waals surface area contributed by atoms with Gasteiger partial charge in [-0.1, -0.05) is 0 Å². The van der Waals surface area contributed by atoms with E-state index in [1.807, 2.05) is 0 Å². The summed E-state index contributed by atoms with van der Waals surface area (Å²) in [5, 5.41) is 28.3. The lowest BCUT2D eigenvalue weighted by Gasteiger charge is -2.12. The van der Waals surface area contributed by atoms with Crippen molar-refractivity contribution in [2.24, 2.45) is 5.73 Å². The normalized spacial score (nSPS) is 12.1. The number of thiol groups is 1. The predicted molar refractivity (Wildman–Crippen MR) is 60.2 cm³/mol. The smallest absolute Gasteiger partial charge is 0.185 e. The van der Waals surface area contributed by atoms with Gasteiger partial charge in [-0.25, -0.2) is 0 Å². The molecule has 0 aliphatic heterocycles. The van der Waals surface area contributed by atoms with Crippen LogP contribution in [0, 0.1) is 5.41 Å². The molecule has 6 N–H and O–H groups in total. The van der Waals surface area contributed by atoms with Crippen molar-refractivity contribution in [1.29, 1.82) is 5.41 Å². The van der Waals surface area contributed by atoms with E-state index in [-0.39, 0.29) is 18.3 Å². The van der Waals surface area contributed by atoms with Crippen molar-refractivity contribution >= 4 is 18.6 Å². The highest BCUT2D eigenvalue weighted by atomic mass is 32.1. The summed E-state index contributed by atoms with van der Waals surface area (Å²) in [5.74, 6) is -0.167. The van der Waals surface area contributed by atoms with Crippen molar-refractivity contribution in [2.75, 3.05) is 6.54 Å². The molecule has 1 aromatic carbocycles. The van der Waals surface area contributed by atoms with Crippen LogP contribution in [0.1, 0.15) is 11.7 Å². The Morgan fingerprint density at radius 2 is 2.20 bits per heavy atom. The van der Waals surface area contributed by atoms with Crippen LogP contribution in [-0.4, -0.2) is 22.7 Å². The van der Waals surface area contributed by atoms with E-state index in [0.717, 1.165) is 0 Å². The summed E-state index contributed by atoms with van der Waals surface area (Å²) in [5.41, 5.74) is 5.60. The number of phenolic OH excluding ortho intramolecular Hbond substituents is 1. The molecule has 0 saturated heterocycles. The number of aromatic hydroxyl groups is 1. The molecule has 0 bridgehead atoms. The van der Waals surface area contributed by atoms with E-state index in [2.05, 4.69) is 17.9 Å². The minimum Gasteiger partial charge on any atom is -0.508 e. The summed E-state index contributed by atoms with van der Waals surface area (Å²) in [6.45, 7) is 0.117. The molecule has 6 heteroatoms. The van der Waals surface area contributed by atoms with Crippen LogP contribution in [0.5, 0.6) is 5.75 Å². The van der Waals surface area contributed by atoms with Crippen LogP contribution in [0.2, 0.25) is 0 Å². The van der Waals surface area contributed by atoms with Gasteiger partial charge in [0, 0.05) is 11.4 Å². The van der Waals surface area contributed by atoms with Gasteiger partial charge in [0.2, 0.25) is 0 Å². The van der Waals surface area contributed by atoms with E-state index in [0.29, 0.717) is 10.5 Å². The first-order valence-corrected chi connectivity index (χ1v) is 4.72. The zero-order valence-corrected chi connectivity index (χ0v) is 8.83. The second-order valence-electron chi connectivity index (χ2n) is 3.09. The molecular formula is C9H13N3O2S. The van der Waals surface area contributed by atoms with Crippen LogP contribution in [0.15, 0.2) is 23.1 Å². The Bertz CT molecular complexity index is 350. The lowest BCUT2D eigenvalue weighted by atomic mass is 10.1. The highest BCUT2D eigenvalue weighted by Crippen LogP contribution is 2.22. The largest absolute Gasteiger partial charge is 0.508 e. The molecule has 1 rings (SSSR count). The van der Waals surface area contributed by atoms with Gasteiger partial charge in [-0.15, -0.1) is 12.6 Å². The van der Waals surface area contributed by atoms with E-state index in [1.54, 1.807) is 6.07 Å². The molecule has 0 aliphatic rings. The second kappa shape index (κ2) is 4.90. The molecule has 0 spiro atoms. The van der Waals surface area contributed by atoms with Gasteiger partial charge < -0.3 is 21.3 Å². The van der Waals surface area contributed by atoms with Crippen LogP contribution >= 0.6 is 12.6 Å². The number of nitrogens with one attached hydrogen (secondary N) is 2.